The number of unbranched alkanes of at least 4 members (excludes halogenated alkanes) is 5. The molecule has 6 nitrogen and oxygen atoms in total. The summed E-state index contributed by atoms with van der Waals surface area (Å²) in [6.45, 7) is 13.4. The van der Waals surface area contributed by atoms with Gasteiger partial charge in [-0.15, -0.1) is 0 Å². The fraction of sp³-hybridized carbons (Fsp3) is 0.655. The number of rotatable bonds is 11. The van der Waals surface area contributed by atoms with Crippen molar-refractivity contribution in [2.75, 3.05) is 24.5 Å². The maximum absolute atomic E-state index is 13.4. The van der Waals surface area contributed by atoms with E-state index in [-0.39, 0.29) is 17.0 Å². The second-order valence-electron chi connectivity index (χ2n) is 10.8. The van der Waals surface area contributed by atoms with Crippen molar-refractivity contribution in [1.29, 1.82) is 5.26 Å². The molecule has 1 aromatic rings. The van der Waals surface area contributed by atoms with E-state index in [0.29, 0.717) is 39.7 Å². The number of aromatic nitrogens is 1. The lowest BCUT2D eigenvalue weighted by Crippen LogP contribution is -2.43. The van der Waals surface area contributed by atoms with E-state index in [9.17, 15) is 14.9 Å². The minimum absolute atomic E-state index is 0.0685. The van der Waals surface area contributed by atoms with Gasteiger partial charge in [0.25, 0.3) is 11.5 Å². The van der Waals surface area contributed by atoms with E-state index >= 15 is 0 Å². The summed E-state index contributed by atoms with van der Waals surface area (Å²) in [6, 6.07) is 2.14. The SMILES string of the molecule is CCCCCCCCN1C(=O)C(=Cc2c(C)c(C#N)c(=O)n(CCC)c2N2CC(C)CC(C)C2)SC1=S. The van der Waals surface area contributed by atoms with E-state index in [1.165, 1.54) is 37.4 Å². The molecule has 0 aromatic carbocycles. The first-order valence-corrected chi connectivity index (χ1v) is 15.1. The van der Waals surface area contributed by atoms with Crippen LogP contribution < -0.4 is 10.5 Å². The van der Waals surface area contributed by atoms with Gasteiger partial charge in [0, 0.05) is 31.7 Å². The van der Waals surface area contributed by atoms with Crippen LogP contribution in [-0.2, 0) is 11.3 Å². The molecule has 8 heteroatoms. The number of piperidine rings is 1. The molecule has 0 aliphatic carbocycles. The number of hydrogen-bond donors (Lipinski definition) is 0. The van der Waals surface area contributed by atoms with Crippen LogP contribution in [-0.4, -0.2) is 39.3 Å². The number of carbonyl (C=O) groups excluding carboxylic acids is 1. The highest BCUT2D eigenvalue weighted by atomic mass is 32.2. The summed E-state index contributed by atoms with van der Waals surface area (Å²) in [4.78, 5) is 31.4. The average Bonchev–Trinajstić information content (AvgIpc) is 3.11. The lowest BCUT2D eigenvalue weighted by atomic mass is 9.91. The molecule has 2 unspecified atom stereocenters. The van der Waals surface area contributed by atoms with E-state index in [2.05, 4.69) is 31.7 Å². The van der Waals surface area contributed by atoms with Gasteiger partial charge in [-0.1, -0.05) is 83.8 Å². The van der Waals surface area contributed by atoms with Crippen LogP contribution >= 0.6 is 24.0 Å². The fourth-order valence-electron chi connectivity index (χ4n) is 5.63. The van der Waals surface area contributed by atoms with Crippen molar-refractivity contribution >= 4 is 46.1 Å². The molecular formula is C29H42N4O2S2. The Balaban J connectivity index is 2.01. The van der Waals surface area contributed by atoms with Gasteiger partial charge in [-0.2, -0.15) is 5.26 Å². The Kier molecular flexibility index (Phi) is 10.8. The summed E-state index contributed by atoms with van der Waals surface area (Å²) in [5.74, 6) is 1.76. The molecule has 0 bridgehead atoms. The number of anilines is 1. The second-order valence-corrected chi connectivity index (χ2v) is 12.4. The molecule has 2 aliphatic rings. The molecule has 2 atom stereocenters. The molecule has 1 aromatic heterocycles. The van der Waals surface area contributed by atoms with E-state index in [1.54, 1.807) is 9.47 Å². The number of thiocarbonyl (C=S) groups is 1. The van der Waals surface area contributed by atoms with Crippen LogP contribution in [0, 0.1) is 30.1 Å². The molecule has 202 valence electrons. The number of amides is 1. The smallest absolute Gasteiger partial charge is 0.270 e. The molecule has 3 heterocycles. The first kappa shape index (κ1) is 29.4. The first-order valence-electron chi connectivity index (χ1n) is 13.9. The van der Waals surface area contributed by atoms with Gasteiger partial charge in [-0.3, -0.25) is 19.1 Å². The normalized spacial score (nSPS) is 21.2. The van der Waals surface area contributed by atoms with Gasteiger partial charge in [-0.05, 0) is 49.7 Å². The number of nitriles is 1. The zero-order chi connectivity index (χ0) is 27.1. The van der Waals surface area contributed by atoms with Gasteiger partial charge in [0.2, 0.25) is 0 Å². The number of hydrogen-bond acceptors (Lipinski definition) is 6. The molecule has 0 radical (unpaired) electrons. The summed E-state index contributed by atoms with van der Waals surface area (Å²) in [7, 11) is 0. The van der Waals surface area contributed by atoms with Crippen LogP contribution in [0.15, 0.2) is 9.70 Å². The Labute approximate surface area is 232 Å². The van der Waals surface area contributed by atoms with Crippen LogP contribution in [0.1, 0.15) is 95.8 Å². The largest absolute Gasteiger partial charge is 0.357 e. The monoisotopic (exact) mass is 542 g/mol. The van der Waals surface area contributed by atoms with E-state index in [1.807, 2.05) is 19.9 Å². The topological polar surface area (TPSA) is 69.3 Å². The van der Waals surface area contributed by atoms with Crippen LogP contribution in [0.2, 0.25) is 0 Å². The molecule has 0 saturated carbocycles. The molecule has 1 amide bonds. The molecule has 2 saturated heterocycles. The van der Waals surface area contributed by atoms with Gasteiger partial charge in [0.15, 0.2) is 0 Å². The summed E-state index contributed by atoms with van der Waals surface area (Å²) < 4.78 is 2.35. The third kappa shape index (κ3) is 6.86. The predicted molar refractivity (Wildman–Crippen MR) is 159 cm³/mol. The minimum Gasteiger partial charge on any atom is -0.357 e. The highest BCUT2D eigenvalue weighted by molar-refractivity contribution is 8.26. The molecule has 0 N–H and O–H groups in total. The van der Waals surface area contributed by atoms with Gasteiger partial charge in [0.05, 0.1) is 4.91 Å². The van der Waals surface area contributed by atoms with Crippen LogP contribution in [0.5, 0.6) is 0 Å². The maximum Gasteiger partial charge on any atom is 0.270 e. The quantitative estimate of drug-likeness (QED) is 0.181. The Morgan fingerprint density at radius 1 is 1.03 bits per heavy atom. The van der Waals surface area contributed by atoms with Crippen molar-refractivity contribution < 1.29 is 4.79 Å². The number of thioether (sulfide) groups is 1. The lowest BCUT2D eigenvalue weighted by Gasteiger charge is -2.39. The molecule has 2 aliphatic heterocycles. The third-order valence-electron chi connectivity index (χ3n) is 7.35. The van der Waals surface area contributed by atoms with Crippen molar-refractivity contribution in [3.05, 3.63) is 31.9 Å². The highest BCUT2D eigenvalue weighted by Gasteiger charge is 2.34. The lowest BCUT2D eigenvalue weighted by molar-refractivity contribution is -0.122. The first-order chi connectivity index (χ1) is 17.7. The van der Waals surface area contributed by atoms with Gasteiger partial charge >= 0.3 is 0 Å². The maximum atomic E-state index is 13.4. The molecular weight excluding hydrogens is 500 g/mol. The Morgan fingerprint density at radius 2 is 1.68 bits per heavy atom. The average molecular weight is 543 g/mol. The summed E-state index contributed by atoms with van der Waals surface area (Å²) >= 11 is 6.93. The summed E-state index contributed by atoms with van der Waals surface area (Å²) in [6.07, 6.45) is 10.7. The van der Waals surface area contributed by atoms with Crippen LogP contribution in [0.4, 0.5) is 5.82 Å². The van der Waals surface area contributed by atoms with Crippen LogP contribution in [0.3, 0.4) is 0 Å². The minimum atomic E-state index is -0.240. The van der Waals surface area contributed by atoms with Crippen molar-refractivity contribution in [2.24, 2.45) is 11.8 Å². The Bertz CT molecular complexity index is 1120. The molecule has 2 fully saturated rings. The van der Waals surface area contributed by atoms with Gasteiger partial charge in [-0.25, -0.2) is 0 Å². The van der Waals surface area contributed by atoms with Crippen molar-refractivity contribution in [3.8, 4) is 6.07 Å². The molecule has 0 spiro atoms. The third-order valence-corrected chi connectivity index (χ3v) is 8.72. The van der Waals surface area contributed by atoms with E-state index in [0.717, 1.165) is 50.2 Å². The van der Waals surface area contributed by atoms with E-state index in [4.69, 9.17) is 12.2 Å². The number of nitrogens with zero attached hydrogens (tertiary/aromatic N) is 4. The zero-order valence-corrected chi connectivity index (χ0v) is 24.8. The van der Waals surface area contributed by atoms with Crippen molar-refractivity contribution in [3.63, 3.8) is 0 Å². The van der Waals surface area contributed by atoms with Gasteiger partial charge in [0.1, 0.15) is 21.8 Å². The van der Waals surface area contributed by atoms with E-state index < -0.39 is 0 Å². The standard InChI is InChI=1S/C29H42N4O2S2/c1-6-8-9-10-11-12-14-33-28(35)25(37-29(33)36)16-23-22(5)24(17-30)27(34)32(13-7-2)26(23)31-18-20(3)15-21(4)19-31/h16,20-21H,6-15,18-19H2,1-5H3. The molecule has 37 heavy (non-hydrogen) atoms. The Morgan fingerprint density at radius 3 is 2.30 bits per heavy atom. The highest BCUT2D eigenvalue weighted by Crippen LogP contribution is 2.37. The molecule has 3 rings (SSSR count). The van der Waals surface area contributed by atoms with Crippen molar-refractivity contribution in [1.82, 2.24) is 9.47 Å². The number of carbonyl (C=O) groups is 1. The summed E-state index contributed by atoms with van der Waals surface area (Å²) in [5.41, 5.74) is 1.35. The second kappa shape index (κ2) is 13.6. The summed E-state index contributed by atoms with van der Waals surface area (Å²) in [5, 5.41) is 9.87. The Hall–Kier alpha value is -2.11. The predicted octanol–water partition coefficient (Wildman–Crippen LogP) is 6.48. The fourth-order valence-corrected chi connectivity index (χ4v) is 6.92. The van der Waals surface area contributed by atoms with Crippen LogP contribution in [0.25, 0.3) is 6.08 Å². The number of pyridine rings is 1. The van der Waals surface area contributed by atoms with Crippen molar-refractivity contribution in [2.45, 2.75) is 92.5 Å². The van der Waals surface area contributed by atoms with Gasteiger partial charge < -0.3 is 4.90 Å². The zero-order valence-electron chi connectivity index (χ0n) is 23.1.